The molecule has 0 saturated heterocycles. The van der Waals surface area contributed by atoms with Crippen LogP contribution < -0.4 is 10.5 Å². The van der Waals surface area contributed by atoms with Crippen molar-refractivity contribution < 1.29 is 27.5 Å². The summed E-state index contributed by atoms with van der Waals surface area (Å²) in [5.41, 5.74) is 6.76. The lowest BCUT2D eigenvalue weighted by molar-refractivity contribution is -0.122. The van der Waals surface area contributed by atoms with Gasteiger partial charge < -0.3 is 15.2 Å². The normalized spacial score (nSPS) is 12.2. The van der Waals surface area contributed by atoms with Gasteiger partial charge in [-0.2, -0.15) is 4.31 Å². The SMILES string of the molecule is COC(=O)c1ccc(CN([C@@H](C(N)=O)c2ccccc2)S(=O)(=O)c2ccc(Cl)cc2)c(OC)c1. The second-order valence-electron chi connectivity index (χ2n) is 7.24. The number of methoxy groups -OCH3 is 2. The minimum Gasteiger partial charge on any atom is -0.496 e. The van der Waals surface area contributed by atoms with Gasteiger partial charge in [0.1, 0.15) is 11.8 Å². The van der Waals surface area contributed by atoms with Crippen molar-refractivity contribution in [2.45, 2.75) is 17.5 Å². The van der Waals surface area contributed by atoms with E-state index in [1.807, 2.05) is 0 Å². The van der Waals surface area contributed by atoms with E-state index in [1.165, 1.54) is 50.6 Å². The van der Waals surface area contributed by atoms with Crippen molar-refractivity contribution in [2.24, 2.45) is 5.73 Å². The number of carbonyl (C=O) groups is 2. The number of amides is 1. The Bertz CT molecular complexity index is 1280. The molecule has 10 heteroatoms. The number of nitrogens with zero attached hydrogens (tertiary/aromatic N) is 1. The molecule has 0 aliphatic carbocycles. The van der Waals surface area contributed by atoms with Gasteiger partial charge in [-0.25, -0.2) is 13.2 Å². The summed E-state index contributed by atoms with van der Waals surface area (Å²) in [6, 6.07) is 17.1. The van der Waals surface area contributed by atoms with Gasteiger partial charge >= 0.3 is 5.97 Å². The molecule has 8 nitrogen and oxygen atoms in total. The lowest BCUT2D eigenvalue weighted by Crippen LogP contribution is -2.41. The van der Waals surface area contributed by atoms with Gasteiger partial charge in [0.05, 0.1) is 24.7 Å². The molecule has 0 aromatic heterocycles. The Labute approximate surface area is 202 Å². The van der Waals surface area contributed by atoms with Crippen LogP contribution in [-0.4, -0.2) is 38.8 Å². The number of rotatable bonds is 9. The van der Waals surface area contributed by atoms with Crippen LogP contribution >= 0.6 is 11.6 Å². The van der Waals surface area contributed by atoms with Crippen LogP contribution in [0.1, 0.15) is 27.5 Å². The summed E-state index contributed by atoms with van der Waals surface area (Å²) in [5.74, 6) is -1.18. The molecule has 0 unspecified atom stereocenters. The summed E-state index contributed by atoms with van der Waals surface area (Å²) in [4.78, 5) is 24.5. The van der Waals surface area contributed by atoms with Crippen LogP contribution in [0.3, 0.4) is 0 Å². The number of halogens is 1. The molecule has 0 radical (unpaired) electrons. The van der Waals surface area contributed by atoms with Crippen LogP contribution in [0, 0.1) is 0 Å². The van der Waals surface area contributed by atoms with Gasteiger partial charge in [-0.05, 0) is 42.0 Å². The summed E-state index contributed by atoms with van der Waals surface area (Å²) in [6.07, 6.45) is 0. The lowest BCUT2D eigenvalue weighted by Gasteiger charge is -2.30. The third-order valence-electron chi connectivity index (χ3n) is 5.13. The van der Waals surface area contributed by atoms with Crippen molar-refractivity contribution in [3.8, 4) is 5.75 Å². The highest BCUT2D eigenvalue weighted by molar-refractivity contribution is 7.89. The number of esters is 1. The monoisotopic (exact) mass is 502 g/mol. The Balaban J connectivity index is 2.17. The highest BCUT2D eigenvalue weighted by Gasteiger charge is 2.36. The molecule has 3 rings (SSSR count). The molecule has 2 N–H and O–H groups in total. The molecule has 0 aliphatic rings. The van der Waals surface area contributed by atoms with Crippen molar-refractivity contribution in [3.63, 3.8) is 0 Å². The Morgan fingerprint density at radius 2 is 1.65 bits per heavy atom. The summed E-state index contributed by atoms with van der Waals surface area (Å²) in [5, 5.41) is 0.361. The van der Waals surface area contributed by atoms with Gasteiger partial charge in [-0.15, -0.1) is 0 Å². The number of benzene rings is 3. The first-order chi connectivity index (χ1) is 16.2. The number of ether oxygens (including phenoxy) is 2. The van der Waals surface area contributed by atoms with E-state index in [0.29, 0.717) is 16.1 Å². The molecular weight excluding hydrogens is 480 g/mol. The Hall–Kier alpha value is -3.40. The smallest absolute Gasteiger partial charge is 0.337 e. The maximum Gasteiger partial charge on any atom is 0.337 e. The second kappa shape index (κ2) is 10.7. The zero-order valence-electron chi connectivity index (χ0n) is 18.5. The second-order valence-corrected chi connectivity index (χ2v) is 9.56. The van der Waals surface area contributed by atoms with Gasteiger partial charge in [0.15, 0.2) is 0 Å². The van der Waals surface area contributed by atoms with Gasteiger partial charge in [0.25, 0.3) is 0 Å². The Kier molecular flexibility index (Phi) is 7.93. The molecule has 0 fully saturated rings. The number of hydrogen-bond donors (Lipinski definition) is 1. The van der Waals surface area contributed by atoms with E-state index < -0.39 is 27.9 Å². The fourth-order valence-corrected chi connectivity index (χ4v) is 5.14. The summed E-state index contributed by atoms with van der Waals surface area (Å²) >= 11 is 5.94. The molecule has 0 bridgehead atoms. The zero-order valence-corrected chi connectivity index (χ0v) is 20.0. The van der Waals surface area contributed by atoms with Crippen LogP contribution in [0.2, 0.25) is 5.02 Å². The van der Waals surface area contributed by atoms with Gasteiger partial charge in [-0.3, -0.25) is 4.79 Å². The molecule has 0 saturated carbocycles. The molecule has 1 atom stereocenters. The van der Waals surface area contributed by atoms with Crippen LogP contribution in [0.25, 0.3) is 0 Å². The van der Waals surface area contributed by atoms with Crippen molar-refractivity contribution >= 4 is 33.5 Å². The van der Waals surface area contributed by atoms with E-state index >= 15 is 0 Å². The topological polar surface area (TPSA) is 116 Å². The fourth-order valence-electron chi connectivity index (χ4n) is 3.45. The quantitative estimate of drug-likeness (QED) is 0.447. The molecule has 1 amide bonds. The predicted molar refractivity (Wildman–Crippen MR) is 127 cm³/mol. The highest BCUT2D eigenvalue weighted by Crippen LogP contribution is 2.33. The maximum atomic E-state index is 13.7. The highest BCUT2D eigenvalue weighted by atomic mass is 35.5. The third kappa shape index (κ3) is 5.39. The van der Waals surface area contributed by atoms with Crippen LogP contribution in [0.4, 0.5) is 0 Å². The molecular formula is C24H23ClN2O6S. The summed E-state index contributed by atoms with van der Waals surface area (Å²) in [6.45, 7) is -0.266. The minimum atomic E-state index is -4.24. The summed E-state index contributed by atoms with van der Waals surface area (Å²) in [7, 11) is -1.60. The molecule has 178 valence electrons. The van der Waals surface area contributed by atoms with E-state index in [0.717, 1.165) is 4.31 Å². The largest absolute Gasteiger partial charge is 0.496 e. The number of sulfonamides is 1. The van der Waals surface area contributed by atoms with Crippen molar-refractivity contribution in [3.05, 3.63) is 94.5 Å². The summed E-state index contributed by atoms with van der Waals surface area (Å²) < 4.78 is 38.6. The number of nitrogens with two attached hydrogens (primary N) is 1. The van der Waals surface area contributed by atoms with E-state index in [2.05, 4.69) is 0 Å². The predicted octanol–water partition coefficient (Wildman–Crippen LogP) is 3.55. The van der Waals surface area contributed by atoms with E-state index in [4.69, 9.17) is 26.8 Å². The van der Waals surface area contributed by atoms with E-state index in [9.17, 15) is 18.0 Å². The van der Waals surface area contributed by atoms with Crippen molar-refractivity contribution in [1.29, 1.82) is 0 Å². The first-order valence-electron chi connectivity index (χ1n) is 10.1. The van der Waals surface area contributed by atoms with Crippen LogP contribution in [0.5, 0.6) is 5.75 Å². The minimum absolute atomic E-state index is 0.0655. The van der Waals surface area contributed by atoms with Crippen LogP contribution in [-0.2, 0) is 26.1 Å². The van der Waals surface area contributed by atoms with Crippen molar-refractivity contribution in [1.82, 2.24) is 4.31 Å². The molecule has 0 aliphatic heterocycles. The van der Waals surface area contributed by atoms with E-state index in [1.54, 1.807) is 36.4 Å². The number of carbonyl (C=O) groups excluding carboxylic acids is 2. The fraction of sp³-hybridized carbons (Fsp3) is 0.167. The molecule has 0 heterocycles. The van der Waals surface area contributed by atoms with Gasteiger partial charge in [0, 0.05) is 17.1 Å². The molecule has 3 aromatic rings. The third-order valence-corrected chi connectivity index (χ3v) is 7.20. The molecule has 34 heavy (non-hydrogen) atoms. The maximum absolute atomic E-state index is 13.7. The van der Waals surface area contributed by atoms with Crippen LogP contribution in [0.15, 0.2) is 77.7 Å². The first kappa shape index (κ1) is 25.2. The van der Waals surface area contributed by atoms with Crippen molar-refractivity contribution in [2.75, 3.05) is 14.2 Å². The first-order valence-corrected chi connectivity index (χ1v) is 11.9. The Morgan fingerprint density at radius 1 is 1.00 bits per heavy atom. The Morgan fingerprint density at radius 3 is 2.21 bits per heavy atom. The molecule has 3 aromatic carbocycles. The van der Waals surface area contributed by atoms with Gasteiger partial charge in [-0.1, -0.05) is 48.0 Å². The number of hydrogen-bond acceptors (Lipinski definition) is 6. The number of primary amides is 1. The van der Waals surface area contributed by atoms with Gasteiger partial charge in [0.2, 0.25) is 15.9 Å². The lowest BCUT2D eigenvalue weighted by atomic mass is 10.1. The van der Waals surface area contributed by atoms with E-state index in [-0.39, 0.29) is 22.8 Å². The molecule has 0 spiro atoms. The zero-order chi connectivity index (χ0) is 24.9. The average molecular weight is 503 g/mol. The standard InChI is InChI=1S/C24H23ClN2O6S/c1-32-21-14-17(24(29)33-2)8-9-18(21)15-27(22(23(26)28)16-6-4-3-5-7-16)34(30,31)20-12-10-19(25)11-13-20/h3-14,22H,15H2,1-2H3,(H2,26,28)/t22-/m1/s1. The average Bonchev–Trinajstić information content (AvgIpc) is 2.84.